The third-order valence-corrected chi connectivity index (χ3v) is 9.86. The number of aromatic hydroxyl groups is 1. The summed E-state index contributed by atoms with van der Waals surface area (Å²) in [5.74, 6) is 0.208. The van der Waals surface area contributed by atoms with Crippen LogP contribution >= 0.6 is 0 Å². The maximum Gasteiger partial charge on any atom is 0.537 e. The van der Waals surface area contributed by atoms with Crippen LogP contribution in [-0.4, -0.2) is 63.9 Å². The quantitative estimate of drug-likeness (QED) is 0.523. The Hall–Kier alpha value is -1.57. The molecule has 0 fully saturated rings. The molecule has 2 aromatic rings. The smallest absolute Gasteiger partial charge is 0.508 e. The summed E-state index contributed by atoms with van der Waals surface area (Å²) in [5, 5.41) is 11.0. The first-order valence-electron chi connectivity index (χ1n) is 9.89. The third kappa shape index (κ3) is 7.00. The molecule has 0 saturated carbocycles. The second kappa shape index (κ2) is 13.7. The fraction of sp³-hybridized carbons (Fsp3) is 0.429. The Morgan fingerprint density at radius 3 is 1.37 bits per heavy atom. The van der Waals surface area contributed by atoms with Crippen LogP contribution in [0.2, 0.25) is 0 Å². The van der Waals surface area contributed by atoms with E-state index in [0.717, 1.165) is 10.4 Å². The maximum atomic E-state index is 9.13. The summed E-state index contributed by atoms with van der Waals surface area (Å²) in [7, 11) is -0.756. The van der Waals surface area contributed by atoms with Crippen LogP contribution in [0.3, 0.4) is 0 Å². The van der Waals surface area contributed by atoms with Crippen LogP contribution in [0, 0.1) is 0 Å². The Kier molecular flexibility index (Phi) is 12.1. The standard InChI is InChI=1S/C12H20O3Si.C9H14O4Si/c1-4-13-16(14-5-2,15-6-3)12-10-8-7-9-11-12;1-11-14(12-2,13-3)9-6-4-8(10)5-7-9/h7-11H,4-6H2,1-3H3;4-7,10H,1-3H3. The number of hydrogen-bond donors (Lipinski definition) is 1. The normalized spacial score (nSPS) is 11.7. The van der Waals surface area contributed by atoms with Crippen molar-refractivity contribution in [2.24, 2.45) is 0 Å². The summed E-state index contributed by atoms with van der Waals surface area (Å²) in [4.78, 5) is 0. The highest BCUT2D eigenvalue weighted by atomic mass is 28.4. The van der Waals surface area contributed by atoms with E-state index in [4.69, 9.17) is 31.7 Å². The van der Waals surface area contributed by atoms with Crippen LogP contribution in [0.1, 0.15) is 20.8 Å². The third-order valence-electron chi connectivity index (χ3n) is 4.16. The SMILES string of the molecule is CCO[Si](OCC)(OCC)c1ccccc1.CO[Si](OC)(OC)c1ccc(O)cc1. The molecule has 9 heteroatoms. The first kappa shape index (κ1) is 26.5. The Balaban J connectivity index is 0.000000303. The Morgan fingerprint density at radius 2 is 1.00 bits per heavy atom. The van der Waals surface area contributed by atoms with E-state index in [0.29, 0.717) is 19.8 Å². The molecule has 0 radical (unpaired) electrons. The van der Waals surface area contributed by atoms with E-state index in [1.807, 2.05) is 51.1 Å². The van der Waals surface area contributed by atoms with Crippen molar-refractivity contribution >= 4 is 28.0 Å². The van der Waals surface area contributed by atoms with Crippen molar-refractivity contribution in [1.29, 1.82) is 0 Å². The minimum absolute atomic E-state index is 0.208. The molecule has 7 nitrogen and oxygen atoms in total. The second-order valence-electron chi connectivity index (χ2n) is 5.94. The van der Waals surface area contributed by atoms with Gasteiger partial charge in [-0.15, -0.1) is 0 Å². The van der Waals surface area contributed by atoms with Gasteiger partial charge in [0.1, 0.15) is 5.75 Å². The molecular formula is C21H34O7Si2. The summed E-state index contributed by atoms with van der Waals surface area (Å²) in [6, 6.07) is 16.6. The zero-order chi connectivity index (χ0) is 22.5. The molecule has 0 amide bonds. The zero-order valence-corrected chi connectivity index (χ0v) is 20.7. The molecule has 2 aromatic carbocycles. The van der Waals surface area contributed by atoms with Gasteiger partial charge in [0.25, 0.3) is 0 Å². The van der Waals surface area contributed by atoms with Crippen LogP contribution in [0.4, 0.5) is 0 Å². The van der Waals surface area contributed by atoms with Gasteiger partial charge in [-0.05, 0) is 32.9 Å². The van der Waals surface area contributed by atoms with Crippen molar-refractivity contribution < 1.29 is 31.7 Å². The van der Waals surface area contributed by atoms with Crippen molar-refractivity contribution in [3.8, 4) is 5.75 Å². The van der Waals surface area contributed by atoms with Crippen molar-refractivity contribution in [3.05, 3.63) is 54.6 Å². The van der Waals surface area contributed by atoms with E-state index in [1.54, 1.807) is 45.6 Å². The zero-order valence-electron chi connectivity index (χ0n) is 18.7. The molecule has 168 valence electrons. The predicted octanol–water partition coefficient (Wildman–Crippen LogP) is 2.42. The Morgan fingerprint density at radius 1 is 0.600 bits per heavy atom. The highest BCUT2D eigenvalue weighted by molar-refractivity contribution is 6.75. The maximum absolute atomic E-state index is 9.13. The molecule has 2 rings (SSSR count). The molecule has 30 heavy (non-hydrogen) atoms. The number of rotatable bonds is 11. The number of phenolic OH excluding ortho intramolecular Hbond substituents is 1. The summed E-state index contributed by atoms with van der Waals surface area (Å²) in [5.41, 5.74) is 0. The van der Waals surface area contributed by atoms with Gasteiger partial charge < -0.3 is 31.7 Å². The summed E-state index contributed by atoms with van der Waals surface area (Å²) in [6.45, 7) is 7.68. The van der Waals surface area contributed by atoms with Gasteiger partial charge >= 0.3 is 17.6 Å². The van der Waals surface area contributed by atoms with Crippen LogP contribution in [-0.2, 0) is 26.6 Å². The molecule has 0 saturated heterocycles. The molecule has 0 unspecified atom stereocenters. The second-order valence-corrected chi connectivity index (χ2v) is 11.4. The van der Waals surface area contributed by atoms with E-state index in [2.05, 4.69) is 0 Å². The van der Waals surface area contributed by atoms with Gasteiger partial charge in [0.05, 0.1) is 0 Å². The molecule has 0 aliphatic rings. The van der Waals surface area contributed by atoms with Gasteiger partial charge in [-0.25, -0.2) is 0 Å². The molecule has 0 bridgehead atoms. The van der Waals surface area contributed by atoms with Gasteiger partial charge in [0.2, 0.25) is 0 Å². The summed E-state index contributed by atoms with van der Waals surface area (Å²) < 4.78 is 33.2. The van der Waals surface area contributed by atoms with Gasteiger partial charge in [0.15, 0.2) is 0 Å². The van der Waals surface area contributed by atoms with E-state index < -0.39 is 17.6 Å². The monoisotopic (exact) mass is 454 g/mol. The largest absolute Gasteiger partial charge is 0.537 e. The van der Waals surface area contributed by atoms with Crippen LogP contribution < -0.4 is 10.4 Å². The highest BCUT2D eigenvalue weighted by Gasteiger charge is 2.43. The van der Waals surface area contributed by atoms with Gasteiger partial charge in [-0.1, -0.05) is 42.5 Å². The fourth-order valence-corrected chi connectivity index (χ4v) is 7.13. The van der Waals surface area contributed by atoms with E-state index in [-0.39, 0.29) is 5.75 Å². The van der Waals surface area contributed by atoms with Crippen molar-refractivity contribution in [2.45, 2.75) is 20.8 Å². The average molecular weight is 455 g/mol. The lowest BCUT2D eigenvalue weighted by molar-refractivity contribution is 0.0859. The number of phenols is 1. The molecule has 0 atom stereocenters. The topological polar surface area (TPSA) is 75.6 Å². The number of hydrogen-bond acceptors (Lipinski definition) is 7. The minimum atomic E-state index is -2.73. The molecule has 0 spiro atoms. The van der Waals surface area contributed by atoms with Crippen LogP contribution in [0.15, 0.2) is 54.6 Å². The Bertz CT molecular complexity index is 669. The lowest BCUT2D eigenvalue weighted by atomic mass is 10.3. The first-order chi connectivity index (χ1) is 14.5. The van der Waals surface area contributed by atoms with Crippen molar-refractivity contribution in [2.75, 3.05) is 41.2 Å². The molecule has 0 aromatic heterocycles. The summed E-state index contributed by atoms with van der Waals surface area (Å²) >= 11 is 0. The molecule has 0 heterocycles. The predicted molar refractivity (Wildman–Crippen MR) is 121 cm³/mol. The van der Waals surface area contributed by atoms with E-state index in [9.17, 15) is 0 Å². The summed E-state index contributed by atoms with van der Waals surface area (Å²) in [6.07, 6.45) is 0. The molecule has 0 aliphatic heterocycles. The van der Waals surface area contributed by atoms with Crippen LogP contribution in [0.25, 0.3) is 0 Å². The fourth-order valence-electron chi connectivity index (χ4n) is 2.86. The lowest BCUT2D eigenvalue weighted by Crippen LogP contribution is -2.56. The minimum Gasteiger partial charge on any atom is -0.508 e. The Labute approximate surface area is 182 Å². The van der Waals surface area contributed by atoms with Gasteiger partial charge in [-0.3, -0.25) is 0 Å². The molecule has 0 aliphatic carbocycles. The van der Waals surface area contributed by atoms with Crippen molar-refractivity contribution in [1.82, 2.24) is 0 Å². The van der Waals surface area contributed by atoms with Crippen LogP contribution in [0.5, 0.6) is 5.75 Å². The van der Waals surface area contributed by atoms with E-state index in [1.165, 1.54) is 0 Å². The number of benzene rings is 2. The average Bonchev–Trinajstić information content (AvgIpc) is 2.78. The molecule has 1 N–H and O–H groups in total. The lowest BCUT2D eigenvalue weighted by Gasteiger charge is -2.28. The first-order valence-corrected chi connectivity index (χ1v) is 13.3. The van der Waals surface area contributed by atoms with Gasteiger partial charge in [-0.2, -0.15) is 0 Å². The van der Waals surface area contributed by atoms with Crippen molar-refractivity contribution in [3.63, 3.8) is 0 Å². The highest BCUT2D eigenvalue weighted by Crippen LogP contribution is 2.11. The van der Waals surface area contributed by atoms with Gasteiger partial charge in [0, 0.05) is 51.5 Å². The molecular weight excluding hydrogens is 420 g/mol. The van der Waals surface area contributed by atoms with E-state index >= 15 is 0 Å².